The zero-order valence-electron chi connectivity index (χ0n) is 7.01. The highest BCUT2D eigenvalue weighted by atomic mass is 19.1. The molecule has 0 unspecified atom stereocenters. The molecule has 0 atom stereocenters. The van der Waals surface area contributed by atoms with E-state index in [2.05, 4.69) is 0 Å². The van der Waals surface area contributed by atoms with Crippen LogP contribution in [0.1, 0.15) is 28.8 Å². The maximum atomic E-state index is 12.9. The molecule has 0 bridgehead atoms. The molecule has 0 heterocycles. The van der Waals surface area contributed by atoms with Crippen LogP contribution in [0.2, 0.25) is 0 Å². The third-order valence-electron chi connectivity index (χ3n) is 2.32. The second-order valence-corrected chi connectivity index (χ2v) is 3.24. The molecule has 0 amide bonds. The molecule has 1 aliphatic carbocycles. The average molecular weight is 180 g/mol. The van der Waals surface area contributed by atoms with Crippen molar-refractivity contribution in [3.63, 3.8) is 0 Å². The number of phenols is 1. The first-order valence-corrected chi connectivity index (χ1v) is 4.23. The van der Waals surface area contributed by atoms with Gasteiger partial charge in [0.05, 0.1) is 0 Å². The van der Waals surface area contributed by atoms with E-state index in [1.165, 1.54) is 12.1 Å². The molecule has 0 saturated heterocycles. The van der Waals surface area contributed by atoms with Crippen LogP contribution in [-0.4, -0.2) is 10.9 Å². The number of Topliss-reactive ketones (excluding diaryl/α,β-unsaturated/α-hetero) is 1. The lowest BCUT2D eigenvalue weighted by Crippen LogP contribution is -2.10. The molecule has 0 aliphatic heterocycles. The number of hydrogen-bond donors (Lipinski definition) is 1. The SMILES string of the molecule is O=C1CCCc2cc(F)c(O)cc21. The number of benzene rings is 1. The van der Waals surface area contributed by atoms with Gasteiger partial charge in [0, 0.05) is 12.0 Å². The van der Waals surface area contributed by atoms with E-state index >= 15 is 0 Å². The van der Waals surface area contributed by atoms with E-state index in [4.69, 9.17) is 5.11 Å². The van der Waals surface area contributed by atoms with Gasteiger partial charge in [-0.2, -0.15) is 0 Å². The van der Waals surface area contributed by atoms with Gasteiger partial charge in [-0.1, -0.05) is 0 Å². The summed E-state index contributed by atoms with van der Waals surface area (Å²) in [5.41, 5.74) is 1.19. The van der Waals surface area contributed by atoms with Crippen molar-refractivity contribution in [1.82, 2.24) is 0 Å². The van der Waals surface area contributed by atoms with E-state index in [-0.39, 0.29) is 5.78 Å². The molecule has 3 heteroatoms. The van der Waals surface area contributed by atoms with Crippen LogP contribution < -0.4 is 0 Å². The summed E-state index contributed by atoms with van der Waals surface area (Å²) in [4.78, 5) is 11.3. The Hall–Kier alpha value is -1.38. The summed E-state index contributed by atoms with van der Waals surface area (Å²) >= 11 is 0. The predicted molar refractivity (Wildman–Crippen MR) is 45.3 cm³/mol. The number of rotatable bonds is 0. The second kappa shape index (κ2) is 2.83. The van der Waals surface area contributed by atoms with Crippen molar-refractivity contribution in [3.8, 4) is 5.75 Å². The molecule has 1 aromatic rings. The van der Waals surface area contributed by atoms with Gasteiger partial charge in [0.1, 0.15) is 0 Å². The van der Waals surface area contributed by atoms with Gasteiger partial charge in [0.15, 0.2) is 17.3 Å². The number of ketones is 1. The van der Waals surface area contributed by atoms with Crippen LogP contribution in [0.15, 0.2) is 12.1 Å². The Labute approximate surface area is 75.0 Å². The summed E-state index contributed by atoms with van der Waals surface area (Å²) in [6.07, 6.45) is 1.99. The van der Waals surface area contributed by atoms with Gasteiger partial charge in [0.2, 0.25) is 0 Å². The fourth-order valence-corrected chi connectivity index (χ4v) is 1.64. The number of carbonyl (C=O) groups excluding carboxylic acids is 1. The first-order valence-electron chi connectivity index (χ1n) is 4.23. The first kappa shape index (κ1) is 8.23. The van der Waals surface area contributed by atoms with E-state index in [0.29, 0.717) is 17.5 Å². The van der Waals surface area contributed by atoms with Gasteiger partial charge >= 0.3 is 0 Å². The molecular weight excluding hydrogens is 171 g/mol. The van der Waals surface area contributed by atoms with Gasteiger partial charge < -0.3 is 5.11 Å². The molecular formula is C10H9FO2. The number of aryl methyl sites for hydroxylation is 1. The third kappa shape index (κ3) is 1.30. The molecule has 0 aromatic heterocycles. The van der Waals surface area contributed by atoms with Crippen molar-refractivity contribution >= 4 is 5.78 Å². The highest BCUT2D eigenvalue weighted by Crippen LogP contribution is 2.27. The summed E-state index contributed by atoms with van der Waals surface area (Å²) in [5.74, 6) is -1.08. The zero-order chi connectivity index (χ0) is 9.42. The molecule has 2 rings (SSSR count). The molecule has 0 radical (unpaired) electrons. The zero-order valence-corrected chi connectivity index (χ0v) is 7.01. The van der Waals surface area contributed by atoms with Gasteiger partial charge in [-0.3, -0.25) is 4.79 Å². The van der Waals surface area contributed by atoms with Crippen LogP contribution in [0.3, 0.4) is 0 Å². The molecule has 1 aliphatic rings. The summed E-state index contributed by atoms with van der Waals surface area (Å²) in [5, 5.41) is 9.07. The van der Waals surface area contributed by atoms with E-state index in [1.54, 1.807) is 0 Å². The Morgan fingerprint density at radius 2 is 2.08 bits per heavy atom. The number of hydrogen-bond acceptors (Lipinski definition) is 2. The lowest BCUT2D eigenvalue weighted by molar-refractivity contribution is 0.0972. The normalized spacial score (nSPS) is 15.6. The molecule has 2 nitrogen and oxygen atoms in total. The van der Waals surface area contributed by atoms with Crippen LogP contribution in [-0.2, 0) is 6.42 Å². The molecule has 1 aromatic carbocycles. The summed E-state index contributed by atoms with van der Waals surface area (Å²) in [6.45, 7) is 0. The largest absolute Gasteiger partial charge is 0.505 e. The fraction of sp³-hybridized carbons (Fsp3) is 0.300. The summed E-state index contributed by atoms with van der Waals surface area (Å²) in [7, 11) is 0. The number of fused-ring (bicyclic) bond motifs is 1. The number of aromatic hydroxyl groups is 1. The van der Waals surface area contributed by atoms with Gasteiger partial charge in [-0.15, -0.1) is 0 Å². The fourth-order valence-electron chi connectivity index (χ4n) is 1.64. The van der Waals surface area contributed by atoms with E-state index in [1.807, 2.05) is 0 Å². The smallest absolute Gasteiger partial charge is 0.165 e. The average Bonchev–Trinajstić information content (AvgIpc) is 2.09. The first-order chi connectivity index (χ1) is 6.18. The maximum absolute atomic E-state index is 12.9. The van der Waals surface area contributed by atoms with Crippen molar-refractivity contribution in [3.05, 3.63) is 29.1 Å². The quantitative estimate of drug-likeness (QED) is 0.663. The van der Waals surface area contributed by atoms with E-state index in [9.17, 15) is 9.18 Å². The Morgan fingerprint density at radius 3 is 2.85 bits per heavy atom. The second-order valence-electron chi connectivity index (χ2n) is 3.24. The minimum atomic E-state index is -0.645. The highest BCUT2D eigenvalue weighted by Gasteiger charge is 2.19. The third-order valence-corrected chi connectivity index (χ3v) is 2.32. The summed E-state index contributed by atoms with van der Waals surface area (Å²) < 4.78 is 12.9. The van der Waals surface area contributed by atoms with Crippen molar-refractivity contribution in [2.45, 2.75) is 19.3 Å². The van der Waals surface area contributed by atoms with Crippen LogP contribution in [0.4, 0.5) is 4.39 Å². The molecule has 0 spiro atoms. The van der Waals surface area contributed by atoms with Crippen molar-refractivity contribution in [2.24, 2.45) is 0 Å². The van der Waals surface area contributed by atoms with Crippen molar-refractivity contribution < 1.29 is 14.3 Å². The Balaban J connectivity index is 2.58. The minimum Gasteiger partial charge on any atom is -0.505 e. The topological polar surface area (TPSA) is 37.3 Å². The lowest BCUT2D eigenvalue weighted by Gasteiger charge is -2.14. The molecule has 0 saturated carbocycles. The Morgan fingerprint density at radius 1 is 1.31 bits per heavy atom. The van der Waals surface area contributed by atoms with Crippen LogP contribution in [0.25, 0.3) is 0 Å². The van der Waals surface area contributed by atoms with E-state index in [0.717, 1.165) is 12.8 Å². The molecule has 1 N–H and O–H groups in total. The van der Waals surface area contributed by atoms with Crippen LogP contribution >= 0.6 is 0 Å². The molecule has 0 fully saturated rings. The lowest BCUT2D eigenvalue weighted by atomic mass is 9.90. The Kier molecular flexibility index (Phi) is 1.79. The predicted octanol–water partition coefficient (Wildman–Crippen LogP) is 2.05. The van der Waals surface area contributed by atoms with Crippen LogP contribution in [0.5, 0.6) is 5.75 Å². The number of phenolic OH excluding ortho intramolecular Hbond substituents is 1. The van der Waals surface area contributed by atoms with Gasteiger partial charge in [-0.05, 0) is 30.5 Å². The number of carbonyl (C=O) groups is 1. The highest BCUT2D eigenvalue weighted by molar-refractivity contribution is 5.98. The Bertz CT molecular complexity index is 371. The van der Waals surface area contributed by atoms with Crippen molar-refractivity contribution in [2.75, 3.05) is 0 Å². The van der Waals surface area contributed by atoms with Crippen molar-refractivity contribution in [1.29, 1.82) is 0 Å². The summed E-state index contributed by atoms with van der Waals surface area (Å²) in [6, 6.07) is 2.48. The molecule has 68 valence electrons. The van der Waals surface area contributed by atoms with E-state index < -0.39 is 11.6 Å². The maximum Gasteiger partial charge on any atom is 0.165 e. The number of halogens is 1. The van der Waals surface area contributed by atoms with Crippen LogP contribution in [0, 0.1) is 5.82 Å². The van der Waals surface area contributed by atoms with Gasteiger partial charge in [0.25, 0.3) is 0 Å². The monoisotopic (exact) mass is 180 g/mol. The standard InChI is InChI=1S/C10H9FO2/c11-8-4-6-2-1-3-9(12)7(6)5-10(8)13/h4-5,13H,1-3H2. The molecule has 13 heavy (non-hydrogen) atoms. The minimum absolute atomic E-state index is 0.00319. The van der Waals surface area contributed by atoms with Gasteiger partial charge in [-0.25, -0.2) is 4.39 Å².